The number of amides is 1. The van der Waals surface area contributed by atoms with Gasteiger partial charge < -0.3 is 5.32 Å². The first-order chi connectivity index (χ1) is 11.8. The number of hydrogen-bond donors (Lipinski definition) is 1. The molecule has 25 heavy (non-hydrogen) atoms. The molecule has 0 bridgehead atoms. The standard InChI is InChI=1S/C19H28ClNO3S/c1-3-19(4-2,15-9-11-16(20)12-10-15)14-21-18(22)13-25(23,24)17-7-5-6-8-17/h9-12,17H,3-8,13-14H2,1-2H3,(H,21,22). The van der Waals surface area contributed by atoms with E-state index < -0.39 is 21.5 Å². The van der Waals surface area contributed by atoms with Crippen molar-refractivity contribution in [3.63, 3.8) is 0 Å². The molecule has 1 aromatic rings. The van der Waals surface area contributed by atoms with Gasteiger partial charge in [-0.2, -0.15) is 0 Å². The fourth-order valence-corrected chi connectivity index (χ4v) is 5.56. The van der Waals surface area contributed by atoms with Crippen LogP contribution in [0.25, 0.3) is 0 Å². The van der Waals surface area contributed by atoms with E-state index in [1.807, 2.05) is 24.3 Å². The predicted molar refractivity (Wildman–Crippen MR) is 103 cm³/mol. The van der Waals surface area contributed by atoms with E-state index in [2.05, 4.69) is 19.2 Å². The van der Waals surface area contributed by atoms with Crippen LogP contribution in [-0.4, -0.2) is 31.9 Å². The molecule has 0 saturated heterocycles. The van der Waals surface area contributed by atoms with Gasteiger partial charge in [0.2, 0.25) is 5.91 Å². The first-order valence-corrected chi connectivity index (χ1v) is 11.2. The van der Waals surface area contributed by atoms with Gasteiger partial charge in [0.05, 0.1) is 5.25 Å². The largest absolute Gasteiger partial charge is 0.354 e. The van der Waals surface area contributed by atoms with Gasteiger partial charge in [0.15, 0.2) is 9.84 Å². The van der Waals surface area contributed by atoms with Crippen molar-refractivity contribution in [2.24, 2.45) is 0 Å². The predicted octanol–water partition coefficient (Wildman–Crippen LogP) is 3.87. The Morgan fingerprint density at radius 2 is 1.72 bits per heavy atom. The molecule has 1 fully saturated rings. The maximum absolute atomic E-state index is 12.3. The van der Waals surface area contributed by atoms with E-state index in [1.165, 1.54) is 0 Å². The van der Waals surface area contributed by atoms with Gasteiger partial charge in [0.25, 0.3) is 0 Å². The maximum Gasteiger partial charge on any atom is 0.235 e. The summed E-state index contributed by atoms with van der Waals surface area (Å²) >= 11 is 5.97. The summed E-state index contributed by atoms with van der Waals surface area (Å²) in [5, 5.41) is 3.21. The minimum absolute atomic E-state index is 0.211. The van der Waals surface area contributed by atoms with E-state index >= 15 is 0 Å². The van der Waals surface area contributed by atoms with Gasteiger partial charge in [-0.3, -0.25) is 4.79 Å². The zero-order valence-electron chi connectivity index (χ0n) is 15.1. The number of carbonyl (C=O) groups excluding carboxylic acids is 1. The zero-order valence-corrected chi connectivity index (χ0v) is 16.6. The van der Waals surface area contributed by atoms with Crippen molar-refractivity contribution in [3.05, 3.63) is 34.9 Å². The van der Waals surface area contributed by atoms with Gasteiger partial charge in [-0.15, -0.1) is 0 Å². The second-order valence-electron chi connectivity index (χ2n) is 6.98. The van der Waals surface area contributed by atoms with E-state index in [0.29, 0.717) is 24.4 Å². The average Bonchev–Trinajstić information content (AvgIpc) is 3.13. The van der Waals surface area contributed by atoms with E-state index in [0.717, 1.165) is 31.2 Å². The Morgan fingerprint density at radius 3 is 2.24 bits per heavy atom. The molecule has 1 aliphatic rings. The van der Waals surface area contributed by atoms with Crippen LogP contribution in [0.2, 0.25) is 5.02 Å². The summed E-state index contributed by atoms with van der Waals surface area (Å²) < 4.78 is 24.7. The number of hydrogen-bond acceptors (Lipinski definition) is 3. The Labute approximate surface area is 156 Å². The molecule has 0 atom stereocenters. The minimum atomic E-state index is -3.34. The zero-order chi connectivity index (χ0) is 18.5. The lowest BCUT2D eigenvalue weighted by molar-refractivity contribution is -0.118. The summed E-state index contributed by atoms with van der Waals surface area (Å²) in [6, 6.07) is 7.67. The Balaban J connectivity index is 2.03. The molecule has 1 amide bonds. The molecule has 6 heteroatoms. The lowest BCUT2D eigenvalue weighted by Crippen LogP contribution is -2.43. The molecule has 140 valence electrons. The van der Waals surface area contributed by atoms with E-state index in [1.54, 1.807) is 0 Å². The lowest BCUT2D eigenvalue weighted by Gasteiger charge is -2.32. The lowest BCUT2D eigenvalue weighted by atomic mass is 9.76. The molecule has 0 radical (unpaired) electrons. The van der Waals surface area contributed by atoms with Crippen LogP contribution in [-0.2, 0) is 20.0 Å². The maximum atomic E-state index is 12.3. The highest BCUT2D eigenvalue weighted by molar-refractivity contribution is 7.92. The van der Waals surface area contributed by atoms with E-state index in [4.69, 9.17) is 11.6 Å². The Hall–Kier alpha value is -1.07. The Morgan fingerprint density at radius 1 is 1.16 bits per heavy atom. The number of carbonyl (C=O) groups is 1. The van der Waals surface area contributed by atoms with Crippen molar-refractivity contribution < 1.29 is 13.2 Å². The minimum Gasteiger partial charge on any atom is -0.354 e. The molecule has 4 nitrogen and oxygen atoms in total. The van der Waals surface area contributed by atoms with Crippen LogP contribution >= 0.6 is 11.6 Å². The highest BCUT2D eigenvalue weighted by Gasteiger charge is 2.32. The normalized spacial score (nSPS) is 16.1. The van der Waals surface area contributed by atoms with Crippen LogP contribution in [0.3, 0.4) is 0 Å². The highest BCUT2D eigenvalue weighted by Crippen LogP contribution is 2.32. The van der Waals surface area contributed by atoms with Crippen LogP contribution in [0.15, 0.2) is 24.3 Å². The van der Waals surface area contributed by atoms with Crippen LogP contribution in [0.4, 0.5) is 0 Å². The number of nitrogens with one attached hydrogen (secondary N) is 1. The van der Waals surface area contributed by atoms with Crippen LogP contribution in [0.1, 0.15) is 57.9 Å². The molecule has 2 rings (SSSR count). The van der Waals surface area contributed by atoms with Crippen LogP contribution in [0.5, 0.6) is 0 Å². The molecular formula is C19H28ClNO3S. The molecule has 1 aliphatic carbocycles. The first kappa shape index (κ1) is 20.2. The molecule has 0 spiro atoms. The van der Waals surface area contributed by atoms with Crippen molar-refractivity contribution in [2.45, 2.75) is 63.0 Å². The summed E-state index contributed by atoms with van der Waals surface area (Å²) in [6.07, 6.45) is 4.96. The SMILES string of the molecule is CCC(CC)(CNC(=O)CS(=O)(=O)C1CCCC1)c1ccc(Cl)cc1. The smallest absolute Gasteiger partial charge is 0.235 e. The third-order valence-corrected chi connectivity index (χ3v) is 7.98. The third-order valence-electron chi connectivity index (χ3n) is 5.58. The van der Waals surface area contributed by atoms with Gasteiger partial charge in [-0.05, 0) is 43.4 Å². The molecule has 1 saturated carbocycles. The van der Waals surface area contributed by atoms with Gasteiger partial charge in [-0.25, -0.2) is 8.42 Å². The molecule has 0 aromatic heterocycles. The number of rotatable bonds is 8. The fourth-order valence-electron chi connectivity index (χ4n) is 3.68. The average molecular weight is 386 g/mol. The van der Waals surface area contributed by atoms with Crippen molar-refractivity contribution in [1.82, 2.24) is 5.32 Å². The molecule has 0 aliphatic heterocycles. The third kappa shape index (κ3) is 4.98. The van der Waals surface area contributed by atoms with Crippen LogP contribution < -0.4 is 5.32 Å². The summed E-state index contributed by atoms with van der Waals surface area (Å²) in [4.78, 5) is 12.3. The monoisotopic (exact) mass is 385 g/mol. The number of benzene rings is 1. The molecule has 0 unspecified atom stereocenters. The summed E-state index contributed by atoms with van der Waals surface area (Å²) in [7, 11) is -3.34. The molecular weight excluding hydrogens is 358 g/mol. The number of halogens is 1. The molecule has 0 heterocycles. The van der Waals surface area contributed by atoms with E-state index in [9.17, 15) is 13.2 Å². The Kier molecular flexibility index (Phi) is 6.92. The van der Waals surface area contributed by atoms with Gasteiger partial charge >= 0.3 is 0 Å². The molecule has 1 aromatic carbocycles. The van der Waals surface area contributed by atoms with Crippen molar-refractivity contribution in [2.75, 3.05) is 12.3 Å². The molecule has 1 N–H and O–H groups in total. The topological polar surface area (TPSA) is 63.2 Å². The van der Waals surface area contributed by atoms with Crippen molar-refractivity contribution >= 4 is 27.3 Å². The quantitative estimate of drug-likeness (QED) is 0.738. The summed E-state index contributed by atoms with van der Waals surface area (Å²) in [5.41, 5.74) is 0.901. The Bertz CT molecular complexity index is 675. The second-order valence-corrected chi connectivity index (χ2v) is 9.70. The van der Waals surface area contributed by atoms with Gasteiger partial charge in [0, 0.05) is 17.0 Å². The second kappa shape index (κ2) is 8.54. The van der Waals surface area contributed by atoms with E-state index in [-0.39, 0.29) is 10.7 Å². The number of sulfone groups is 1. The fraction of sp³-hybridized carbons (Fsp3) is 0.632. The van der Waals surface area contributed by atoms with Gasteiger partial charge in [-0.1, -0.05) is 50.4 Å². The summed E-state index contributed by atoms with van der Waals surface area (Å²) in [6.45, 7) is 4.60. The highest BCUT2D eigenvalue weighted by atomic mass is 35.5. The van der Waals surface area contributed by atoms with Crippen molar-refractivity contribution in [1.29, 1.82) is 0 Å². The van der Waals surface area contributed by atoms with Crippen molar-refractivity contribution in [3.8, 4) is 0 Å². The first-order valence-electron chi connectivity index (χ1n) is 9.07. The van der Waals surface area contributed by atoms with Gasteiger partial charge in [0.1, 0.15) is 5.75 Å². The summed E-state index contributed by atoms with van der Waals surface area (Å²) in [5.74, 6) is -0.797. The van der Waals surface area contributed by atoms with Crippen LogP contribution in [0, 0.1) is 0 Å².